The van der Waals surface area contributed by atoms with Gasteiger partial charge in [-0.3, -0.25) is 9.59 Å². The van der Waals surface area contributed by atoms with Crippen molar-refractivity contribution >= 4 is 22.7 Å². The normalized spacial score (nSPS) is 18.7. The van der Waals surface area contributed by atoms with Crippen LogP contribution in [0.3, 0.4) is 0 Å². The Bertz CT molecular complexity index is 1400. The first kappa shape index (κ1) is 23.8. The highest BCUT2D eigenvalue weighted by Gasteiger charge is 2.28. The average Bonchev–Trinajstić information content (AvgIpc) is 3.28. The topological polar surface area (TPSA) is 140 Å². The molecule has 0 spiro atoms. The van der Waals surface area contributed by atoms with Gasteiger partial charge in [0.25, 0.3) is 0 Å². The van der Waals surface area contributed by atoms with E-state index in [2.05, 4.69) is 15.5 Å². The summed E-state index contributed by atoms with van der Waals surface area (Å²) >= 11 is 0. The minimum absolute atomic E-state index is 0.0243. The van der Waals surface area contributed by atoms with E-state index in [1.807, 2.05) is 54.6 Å². The molecule has 1 aliphatic rings. The van der Waals surface area contributed by atoms with Gasteiger partial charge in [0, 0.05) is 17.7 Å². The lowest BCUT2D eigenvalue weighted by Gasteiger charge is -2.29. The van der Waals surface area contributed by atoms with Crippen LogP contribution in [0.15, 0.2) is 70.0 Å². The van der Waals surface area contributed by atoms with Crippen molar-refractivity contribution in [3.63, 3.8) is 0 Å². The Morgan fingerprint density at radius 1 is 1.06 bits per heavy atom. The zero-order valence-electron chi connectivity index (χ0n) is 20.1. The number of carbonyl (C=O) groups is 1. The summed E-state index contributed by atoms with van der Waals surface area (Å²) in [6.07, 6.45) is 4.17. The number of pyridine rings is 1. The second-order valence-corrected chi connectivity index (χ2v) is 9.67. The number of benzene rings is 2. The summed E-state index contributed by atoms with van der Waals surface area (Å²) in [6.45, 7) is 0.672. The molecule has 1 atom stereocenters. The Hall–Kier alpha value is -3.91. The Kier molecular flexibility index (Phi) is 6.86. The quantitative estimate of drug-likeness (QED) is 0.313. The fourth-order valence-corrected chi connectivity index (χ4v) is 5.09. The number of anilines is 1. The zero-order chi connectivity index (χ0) is 25.1. The smallest absolute Gasteiger partial charge is 0.248 e. The molecule has 1 saturated carbocycles. The molecule has 8 nitrogen and oxygen atoms in total. The zero-order valence-corrected chi connectivity index (χ0v) is 20.1. The molecular formula is C28H31N5O3. The highest BCUT2D eigenvalue weighted by atomic mass is 16.5. The van der Waals surface area contributed by atoms with Gasteiger partial charge in [-0.25, -0.2) is 0 Å². The molecule has 1 amide bonds. The number of aromatic amines is 1. The molecule has 0 saturated heterocycles. The number of nitrogens with one attached hydrogen (secondary N) is 2. The molecule has 36 heavy (non-hydrogen) atoms. The van der Waals surface area contributed by atoms with Gasteiger partial charge in [0.05, 0.1) is 11.4 Å². The third-order valence-electron chi connectivity index (χ3n) is 7.22. The van der Waals surface area contributed by atoms with E-state index in [0.29, 0.717) is 36.0 Å². The average molecular weight is 486 g/mol. The maximum atomic E-state index is 13.3. The van der Waals surface area contributed by atoms with Crippen LogP contribution in [0, 0.1) is 11.8 Å². The molecule has 5 rings (SSSR count). The second kappa shape index (κ2) is 10.4. The van der Waals surface area contributed by atoms with Crippen molar-refractivity contribution in [2.24, 2.45) is 17.6 Å². The standard InChI is InChI=1S/C28H31N5O3/c29-16-18-6-8-19(9-7-18)28(35)32-23(12-17-4-2-1-3-5-17)24-13-21(15-26(34)31-24)20-10-11-22-25(14-20)36-33-27(22)30/h1-5,10-11,13-15,18-19,23H,6-9,12,16,29H2,(H2,30,33)(H,31,34)(H,32,35). The summed E-state index contributed by atoms with van der Waals surface area (Å²) in [5.74, 6) is 0.810. The maximum absolute atomic E-state index is 13.3. The maximum Gasteiger partial charge on any atom is 0.248 e. The van der Waals surface area contributed by atoms with Crippen LogP contribution in [0.25, 0.3) is 22.1 Å². The van der Waals surface area contributed by atoms with E-state index >= 15 is 0 Å². The third kappa shape index (κ3) is 5.18. The van der Waals surface area contributed by atoms with Crippen LogP contribution >= 0.6 is 0 Å². The van der Waals surface area contributed by atoms with Crippen LogP contribution in [0.1, 0.15) is 43.0 Å². The Labute approximate surface area is 209 Å². The van der Waals surface area contributed by atoms with E-state index in [1.165, 1.54) is 0 Å². The summed E-state index contributed by atoms with van der Waals surface area (Å²) in [7, 11) is 0. The van der Waals surface area contributed by atoms with Gasteiger partial charge >= 0.3 is 0 Å². The number of rotatable bonds is 7. The molecule has 0 bridgehead atoms. The van der Waals surface area contributed by atoms with Crippen LogP contribution < -0.4 is 22.3 Å². The molecule has 2 aromatic heterocycles. The van der Waals surface area contributed by atoms with Crippen molar-refractivity contribution in [3.8, 4) is 11.1 Å². The Balaban J connectivity index is 1.45. The largest absolute Gasteiger partial charge is 0.380 e. The van der Waals surface area contributed by atoms with Gasteiger partial charge in [-0.15, -0.1) is 0 Å². The Morgan fingerprint density at radius 3 is 2.58 bits per heavy atom. The summed E-state index contributed by atoms with van der Waals surface area (Å²) in [6, 6.07) is 18.6. The Morgan fingerprint density at radius 2 is 1.83 bits per heavy atom. The first-order valence-corrected chi connectivity index (χ1v) is 12.4. The summed E-state index contributed by atoms with van der Waals surface area (Å²) in [5, 5.41) is 7.77. The van der Waals surface area contributed by atoms with E-state index < -0.39 is 0 Å². The van der Waals surface area contributed by atoms with Crippen molar-refractivity contribution in [2.45, 2.75) is 38.1 Å². The van der Waals surface area contributed by atoms with Gasteiger partial charge in [0.1, 0.15) is 0 Å². The predicted molar refractivity (Wildman–Crippen MR) is 140 cm³/mol. The predicted octanol–water partition coefficient (Wildman–Crippen LogP) is 3.93. The first-order valence-electron chi connectivity index (χ1n) is 12.4. The number of nitrogens with zero attached hydrogens (tertiary/aromatic N) is 1. The van der Waals surface area contributed by atoms with E-state index in [4.69, 9.17) is 16.0 Å². The number of carbonyl (C=O) groups excluding carboxylic acids is 1. The van der Waals surface area contributed by atoms with Gasteiger partial charge in [0.15, 0.2) is 11.4 Å². The summed E-state index contributed by atoms with van der Waals surface area (Å²) < 4.78 is 5.31. The van der Waals surface area contributed by atoms with Crippen LogP contribution in [0.5, 0.6) is 0 Å². The molecule has 6 N–H and O–H groups in total. The number of aromatic nitrogens is 2. The molecule has 1 unspecified atom stereocenters. The SMILES string of the molecule is NCC1CCC(C(=O)NC(Cc2ccccc2)c2cc(-c3ccc4c(N)noc4c3)cc(=O)[nH]2)CC1. The number of hydrogen-bond acceptors (Lipinski definition) is 6. The molecular weight excluding hydrogens is 454 g/mol. The van der Waals surface area contributed by atoms with Gasteiger partial charge in [-0.05, 0) is 79.5 Å². The van der Waals surface area contributed by atoms with Crippen molar-refractivity contribution in [1.29, 1.82) is 0 Å². The fourth-order valence-electron chi connectivity index (χ4n) is 5.09. The molecule has 186 valence electrons. The lowest BCUT2D eigenvalue weighted by molar-refractivity contribution is -0.127. The van der Waals surface area contributed by atoms with E-state index in [1.54, 1.807) is 6.07 Å². The van der Waals surface area contributed by atoms with Gasteiger partial charge in [-0.1, -0.05) is 41.6 Å². The van der Waals surface area contributed by atoms with Crippen LogP contribution in [-0.2, 0) is 11.2 Å². The molecule has 0 aliphatic heterocycles. The molecule has 1 fully saturated rings. The van der Waals surface area contributed by atoms with E-state index in [-0.39, 0.29) is 23.4 Å². The summed E-state index contributed by atoms with van der Waals surface area (Å²) in [4.78, 5) is 29.0. The van der Waals surface area contributed by atoms with Gasteiger partial charge in [-0.2, -0.15) is 0 Å². The monoisotopic (exact) mass is 485 g/mol. The van der Waals surface area contributed by atoms with Crippen molar-refractivity contribution in [1.82, 2.24) is 15.5 Å². The lowest BCUT2D eigenvalue weighted by Crippen LogP contribution is -2.38. The van der Waals surface area contributed by atoms with Crippen molar-refractivity contribution in [2.75, 3.05) is 12.3 Å². The van der Waals surface area contributed by atoms with Crippen LogP contribution in [0.2, 0.25) is 0 Å². The molecule has 2 heterocycles. The molecule has 2 aromatic carbocycles. The highest BCUT2D eigenvalue weighted by Crippen LogP contribution is 2.31. The molecule has 1 aliphatic carbocycles. The number of H-pyrrole nitrogens is 1. The number of amides is 1. The molecule has 8 heteroatoms. The van der Waals surface area contributed by atoms with E-state index in [0.717, 1.165) is 47.8 Å². The highest BCUT2D eigenvalue weighted by molar-refractivity contribution is 5.90. The summed E-state index contributed by atoms with van der Waals surface area (Å²) in [5.41, 5.74) is 15.2. The number of nitrogens with two attached hydrogens (primary N) is 2. The van der Waals surface area contributed by atoms with Gasteiger partial charge < -0.3 is 26.3 Å². The van der Waals surface area contributed by atoms with Crippen molar-refractivity contribution in [3.05, 3.63) is 82.3 Å². The van der Waals surface area contributed by atoms with E-state index in [9.17, 15) is 9.59 Å². The minimum Gasteiger partial charge on any atom is -0.380 e. The van der Waals surface area contributed by atoms with Crippen LogP contribution in [-0.4, -0.2) is 22.6 Å². The first-order chi connectivity index (χ1) is 17.5. The minimum atomic E-state index is -0.385. The van der Waals surface area contributed by atoms with Crippen LogP contribution in [0.4, 0.5) is 5.82 Å². The third-order valence-corrected chi connectivity index (χ3v) is 7.22. The second-order valence-electron chi connectivity index (χ2n) is 9.67. The molecule has 4 aromatic rings. The molecule has 0 radical (unpaired) electrons. The van der Waals surface area contributed by atoms with Gasteiger partial charge in [0.2, 0.25) is 11.5 Å². The number of fused-ring (bicyclic) bond motifs is 1. The number of nitrogen functional groups attached to an aromatic ring is 1. The lowest BCUT2D eigenvalue weighted by atomic mass is 9.81. The van der Waals surface area contributed by atoms with Crippen molar-refractivity contribution < 1.29 is 9.32 Å². The fraction of sp³-hybridized carbons (Fsp3) is 0.321. The number of hydrogen-bond donors (Lipinski definition) is 4.